The molecule has 6 N–H and O–H groups in total. The van der Waals surface area contributed by atoms with Gasteiger partial charge < -0.3 is 45.1 Å². The van der Waals surface area contributed by atoms with Crippen LogP contribution in [0.5, 0.6) is 0 Å². The van der Waals surface area contributed by atoms with Gasteiger partial charge in [0.25, 0.3) is 0 Å². The summed E-state index contributed by atoms with van der Waals surface area (Å²) in [6.07, 6.45) is 46.0. The highest BCUT2D eigenvalue weighted by atomic mass is 16.7. The predicted molar refractivity (Wildman–Crippen MR) is 269 cm³/mol. The number of unbranched alkanes of at least 4 members (excludes halogenated alkanes) is 22. The first-order chi connectivity index (χ1) is 32.2. The molecule has 11 nitrogen and oxygen atoms in total. The lowest BCUT2D eigenvalue weighted by molar-refractivity contribution is -0.302. The van der Waals surface area contributed by atoms with Crippen molar-refractivity contribution in [2.75, 3.05) is 19.8 Å². The average molecular weight is 932 g/mol. The number of esters is 1. The summed E-state index contributed by atoms with van der Waals surface area (Å²) in [5.74, 6) is -0.294. The summed E-state index contributed by atoms with van der Waals surface area (Å²) in [4.78, 5) is 25.0. The van der Waals surface area contributed by atoms with E-state index in [9.17, 15) is 35.1 Å². The summed E-state index contributed by atoms with van der Waals surface area (Å²) in [5.41, 5.74) is 0. The zero-order valence-corrected chi connectivity index (χ0v) is 41.6. The molecular formula is C55H97NO10. The molecule has 0 aliphatic carbocycles. The molecule has 1 aliphatic rings. The third-order valence-electron chi connectivity index (χ3n) is 12.1. The molecule has 0 saturated carbocycles. The molecular weight excluding hydrogens is 835 g/mol. The van der Waals surface area contributed by atoms with E-state index in [0.717, 1.165) is 89.9 Å². The first-order valence-electron chi connectivity index (χ1n) is 26.6. The number of hydrogen-bond donors (Lipinski definition) is 6. The van der Waals surface area contributed by atoms with Crippen molar-refractivity contribution in [1.82, 2.24) is 5.32 Å². The molecule has 66 heavy (non-hydrogen) atoms. The molecule has 7 unspecified atom stereocenters. The van der Waals surface area contributed by atoms with Gasteiger partial charge in [0.1, 0.15) is 24.4 Å². The van der Waals surface area contributed by atoms with Crippen molar-refractivity contribution in [3.63, 3.8) is 0 Å². The van der Waals surface area contributed by atoms with Crippen LogP contribution in [0, 0.1) is 0 Å². The van der Waals surface area contributed by atoms with Crippen LogP contribution < -0.4 is 5.32 Å². The van der Waals surface area contributed by atoms with E-state index in [1.165, 1.54) is 89.9 Å². The van der Waals surface area contributed by atoms with Crippen molar-refractivity contribution < 1.29 is 49.3 Å². The van der Waals surface area contributed by atoms with E-state index >= 15 is 0 Å². The lowest BCUT2D eigenvalue weighted by Crippen LogP contribution is -2.60. The average Bonchev–Trinajstić information content (AvgIpc) is 3.31. The smallest absolute Gasteiger partial charge is 0.305 e. The Morgan fingerprint density at radius 1 is 0.561 bits per heavy atom. The number of hydrogen-bond acceptors (Lipinski definition) is 10. The quantitative estimate of drug-likeness (QED) is 0.0196. The summed E-state index contributed by atoms with van der Waals surface area (Å²) >= 11 is 0. The lowest BCUT2D eigenvalue weighted by atomic mass is 9.99. The molecule has 0 bridgehead atoms. The molecule has 1 amide bonds. The maximum Gasteiger partial charge on any atom is 0.305 e. The van der Waals surface area contributed by atoms with Gasteiger partial charge in [-0.1, -0.05) is 158 Å². The molecule has 0 spiro atoms. The Morgan fingerprint density at radius 3 is 1.62 bits per heavy atom. The van der Waals surface area contributed by atoms with Crippen LogP contribution in [0.3, 0.4) is 0 Å². The van der Waals surface area contributed by atoms with Crippen LogP contribution in [-0.4, -0.2) is 100 Å². The molecule has 1 saturated heterocycles. The molecule has 1 fully saturated rings. The molecule has 7 atom stereocenters. The fourth-order valence-electron chi connectivity index (χ4n) is 7.77. The summed E-state index contributed by atoms with van der Waals surface area (Å²) in [6, 6.07) is -0.849. The van der Waals surface area contributed by atoms with Gasteiger partial charge in [-0.15, -0.1) is 0 Å². The lowest BCUT2D eigenvalue weighted by Gasteiger charge is -2.40. The standard InChI is InChI=1S/C55H97NO10/c1-3-5-7-9-11-13-14-15-16-17-18-19-20-23-27-31-35-39-43-51(60)64-44-40-36-32-28-24-21-22-26-30-34-38-42-50(59)56-47(48(58)41-37-33-29-25-12-10-8-6-4-2)46-65-55-54(63)53(62)52(61)49(45-57)66-55/h12-14,16-17,24-25,28,37,41,47-49,52-55,57-58,61-63H,3-11,15,18-23,26-27,29-36,38-40,42-46H2,1-2H3,(H,56,59)/b14-13-,17-16-,25-12+,28-24-,41-37+. The van der Waals surface area contributed by atoms with Crippen molar-refractivity contribution in [2.45, 2.75) is 256 Å². The maximum absolute atomic E-state index is 12.9. The van der Waals surface area contributed by atoms with Crippen LogP contribution in [-0.2, 0) is 23.8 Å². The Labute approximate surface area is 401 Å². The maximum atomic E-state index is 12.9. The van der Waals surface area contributed by atoms with Crippen molar-refractivity contribution in [2.24, 2.45) is 0 Å². The molecule has 0 aromatic heterocycles. The minimum absolute atomic E-state index is 0.0674. The molecule has 1 aliphatic heterocycles. The first-order valence-corrected chi connectivity index (χ1v) is 26.6. The second-order valence-electron chi connectivity index (χ2n) is 18.2. The van der Waals surface area contributed by atoms with Gasteiger partial charge in [0.15, 0.2) is 6.29 Å². The van der Waals surface area contributed by atoms with Crippen LogP contribution >= 0.6 is 0 Å². The number of carbonyl (C=O) groups excluding carboxylic acids is 2. The van der Waals surface area contributed by atoms with E-state index in [0.29, 0.717) is 25.9 Å². The largest absolute Gasteiger partial charge is 0.466 e. The van der Waals surface area contributed by atoms with Gasteiger partial charge in [0.05, 0.1) is 32.0 Å². The fourth-order valence-corrected chi connectivity index (χ4v) is 7.77. The summed E-state index contributed by atoms with van der Waals surface area (Å²) in [7, 11) is 0. The normalized spacial score (nSPS) is 20.1. The topological polar surface area (TPSA) is 175 Å². The molecule has 0 aromatic rings. The number of carbonyl (C=O) groups is 2. The fraction of sp³-hybridized carbons (Fsp3) is 0.782. The molecule has 1 rings (SSSR count). The van der Waals surface area contributed by atoms with Gasteiger partial charge in [0.2, 0.25) is 5.91 Å². The number of nitrogens with one attached hydrogen (secondary N) is 1. The van der Waals surface area contributed by atoms with E-state index in [1.54, 1.807) is 6.08 Å². The van der Waals surface area contributed by atoms with Crippen LogP contribution in [0.15, 0.2) is 60.8 Å². The zero-order chi connectivity index (χ0) is 48.1. The number of rotatable bonds is 44. The molecule has 382 valence electrons. The monoisotopic (exact) mass is 932 g/mol. The van der Waals surface area contributed by atoms with Gasteiger partial charge in [0, 0.05) is 12.8 Å². The summed E-state index contributed by atoms with van der Waals surface area (Å²) in [5, 5.41) is 54.0. The Balaban J connectivity index is 2.14. The van der Waals surface area contributed by atoms with Crippen molar-refractivity contribution >= 4 is 11.9 Å². The van der Waals surface area contributed by atoms with Crippen LogP contribution in [0.1, 0.15) is 213 Å². The number of aliphatic hydroxyl groups excluding tert-OH is 5. The van der Waals surface area contributed by atoms with Crippen LogP contribution in [0.2, 0.25) is 0 Å². The predicted octanol–water partition coefficient (Wildman–Crippen LogP) is 11.1. The SMILES string of the molecule is CCCCC/C=C/CC/C=C/C(O)C(COC1OC(CO)C(O)C(O)C1O)NC(=O)CCCCCCC/C=C\CCCCOC(=O)CCCCCCCCC/C=C\C/C=C\CCCCCC. The second kappa shape index (κ2) is 44.8. The summed E-state index contributed by atoms with van der Waals surface area (Å²) in [6.45, 7) is 4.12. The Morgan fingerprint density at radius 2 is 1.03 bits per heavy atom. The third-order valence-corrected chi connectivity index (χ3v) is 12.1. The Kier molecular flexibility index (Phi) is 41.7. The molecule has 0 radical (unpaired) electrons. The second-order valence-corrected chi connectivity index (χ2v) is 18.2. The Bertz CT molecular complexity index is 1280. The molecule has 11 heteroatoms. The van der Waals surface area contributed by atoms with Gasteiger partial charge >= 0.3 is 5.97 Å². The van der Waals surface area contributed by atoms with E-state index in [1.807, 2.05) is 6.08 Å². The van der Waals surface area contributed by atoms with Gasteiger partial charge in [-0.3, -0.25) is 9.59 Å². The highest BCUT2D eigenvalue weighted by molar-refractivity contribution is 5.76. The van der Waals surface area contributed by atoms with E-state index < -0.39 is 49.5 Å². The first kappa shape index (κ1) is 61.4. The third kappa shape index (κ3) is 34.6. The molecule has 1 heterocycles. The number of allylic oxidation sites excluding steroid dienone is 9. The minimum atomic E-state index is -1.59. The number of ether oxygens (including phenoxy) is 3. The van der Waals surface area contributed by atoms with Crippen LogP contribution in [0.4, 0.5) is 0 Å². The van der Waals surface area contributed by atoms with Crippen LogP contribution in [0.25, 0.3) is 0 Å². The van der Waals surface area contributed by atoms with Gasteiger partial charge in [-0.2, -0.15) is 0 Å². The number of amides is 1. The number of aliphatic hydroxyl groups is 5. The molecule has 0 aromatic carbocycles. The van der Waals surface area contributed by atoms with E-state index in [2.05, 4.69) is 67.8 Å². The Hall–Kier alpha value is -2.64. The summed E-state index contributed by atoms with van der Waals surface area (Å²) < 4.78 is 16.6. The van der Waals surface area contributed by atoms with Gasteiger partial charge in [-0.25, -0.2) is 0 Å². The minimum Gasteiger partial charge on any atom is -0.466 e. The van der Waals surface area contributed by atoms with Crippen molar-refractivity contribution in [3.8, 4) is 0 Å². The van der Waals surface area contributed by atoms with Crippen molar-refractivity contribution in [3.05, 3.63) is 60.8 Å². The van der Waals surface area contributed by atoms with E-state index in [4.69, 9.17) is 14.2 Å². The van der Waals surface area contributed by atoms with Gasteiger partial charge in [-0.05, 0) is 103 Å². The van der Waals surface area contributed by atoms with Crippen molar-refractivity contribution in [1.29, 1.82) is 0 Å². The highest BCUT2D eigenvalue weighted by Gasteiger charge is 2.44. The zero-order valence-electron chi connectivity index (χ0n) is 41.6. The highest BCUT2D eigenvalue weighted by Crippen LogP contribution is 2.22. The van der Waals surface area contributed by atoms with E-state index in [-0.39, 0.29) is 18.5 Å².